The Morgan fingerprint density at radius 2 is 1.94 bits per heavy atom. The molecule has 1 atom stereocenters. The number of thioether (sulfide) groups is 1. The third-order valence-corrected chi connectivity index (χ3v) is 3.42. The molecule has 0 fully saturated rings. The lowest BCUT2D eigenvalue weighted by molar-refractivity contribution is -0.114. The molecule has 1 aromatic carbocycles. The number of halogens is 1. The summed E-state index contributed by atoms with van der Waals surface area (Å²) in [5.74, 6) is 0.157. The lowest BCUT2D eigenvalue weighted by Crippen LogP contribution is -2.15. The molecule has 86 valence electrons. The minimum absolute atomic E-state index is 0.0102. The second kappa shape index (κ2) is 6.71. The molecule has 0 aliphatic heterocycles. The van der Waals surface area contributed by atoms with Crippen molar-refractivity contribution in [2.45, 2.75) is 13.3 Å². The average molecular weight is 257 g/mol. The number of benzene rings is 1. The lowest BCUT2D eigenvalue weighted by Gasteiger charge is -2.10. The highest BCUT2D eigenvalue weighted by molar-refractivity contribution is 8.13. The van der Waals surface area contributed by atoms with Gasteiger partial charge in [-0.15, -0.1) is 0 Å². The van der Waals surface area contributed by atoms with Crippen LogP contribution in [0, 0.1) is 5.92 Å². The molecule has 1 rings (SSSR count). The Morgan fingerprint density at radius 1 is 1.31 bits per heavy atom. The van der Waals surface area contributed by atoms with Crippen molar-refractivity contribution in [3.05, 3.63) is 35.9 Å². The largest absolute Gasteiger partial charge is 0.288 e. The van der Waals surface area contributed by atoms with E-state index in [4.69, 9.17) is 11.6 Å². The number of carbonyl (C=O) groups excluding carboxylic acids is 2. The topological polar surface area (TPSA) is 34.1 Å². The van der Waals surface area contributed by atoms with Gasteiger partial charge in [0.2, 0.25) is 5.24 Å². The van der Waals surface area contributed by atoms with Crippen LogP contribution in [0.2, 0.25) is 0 Å². The van der Waals surface area contributed by atoms with Gasteiger partial charge in [0.05, 0.1) is 0 Å². The van der Waals surface area contributed by atoms with E-state index in [9.17, 15) is 9.59 Å². The fraction of sp³-hybridized carbons (Fsp3) is 0.333. The van der Waals surface area contributed by atoms with Crippen LogP contribution in [0.25, 0.3) is 0 Å². The number of rotatable bonds is 5. The molecule has 0 N–H and O–H groups in total. The third-order valence-electron chi connectivity index (χ3n) is 2.13. The molecule has 0 amide bonds. The maximum Gasteiger partial charge on any atom is 0.225 e. The summed E-state index contributed by atoms with van der Waals surface area (Å²) in [6.45, 7) is 1.49. The number of carbonyl (C=O) groups is 2. The second-order valence-electron chi connectivity index (χ2n) is 3.49. The van der Waals surface area contributed by atoms with Crippen LogP contribution in [0.15, 0.2) is 30.3 Å². The summed E-state index contributed by atoms with van der Waals surface area (Å²) in [4.78, 5) is 22.0. The predicted octanol–water partition coefficient (Wildman–Crippen LogP) is 2.89. The first-order valence-electron chi connectivity index (χ1n) is 4.96. The molecule has 2 nitrogen and oxygen atoms in total. The first-order chi connectivity index (χ1) is 7.59. The molecule has 4 heteroatoms. The smallest absolute Gasteiger partial charge is 0.225 e. The Morgan fingerprint density at radius 3 is 2.44 bits per heavy atom. The van der Waals surface area contributed by atoms with Crippen molar-refractivity contribution in [3.63, 3.8) is 0 Å². The van der Waals surface area contributed by atoms with Gasteiger partial charge >= 0.3 is 0 Å². The molecule has 0 saturated carbocycles. The van der Waals surface area contributed by atoms with Crippen molar-refractivity contribution in [2.75, 3.05) is 5.75 Å². The monoisotopic (exact) mass is 256 g/mol. The second-order valence-corrected chi connectivity index (χ2v) is 5.06. The lowest BCUT2D eigenvalue weighted by atomic mass is 10.0. The fourth-order valence-electron chi connectivity index (χ4n) is 1.32. The van der Waals surface area contributed by atoms with Crippen LogP contribution in [0.5, 0.6) is 0 Å². The van der Waals surface area contributed by atoms with Gasteiger partial charge in [0.25, 0.3) is 0 Å². The first-order valence-corrected chi connectivity index (χ1v) is 6.32. The van der Waals surface area contributed by atoms with Crippen LogP contribution < -0.4 is 0 Å². The van der Waals surface area contributed by atoms with Crippen molar-refractivity contribution < 1.29 is 9.59 Å². The van der Waals surface area contributed by atoms with E-state index in [1.165, 1.54) is 6.92 Å². The first kappa shape index (κ1) is 13.3. The Bertz CT molecular complexity index is 365. The molecule has 0 radical (unpaired) electrons. The summed E-state index contributed by atoms with van der Waals surface area (Å²) in [6.07, 6.45) is 0.587. The quantitative estimate of drug-likeness (QED) is 0.760. The van der Waals surface area contributed by atoms with Gasteiger partial charge in [0, 0.05) is 18.6 Å². The van der Waals surface area contributed by atoms with E-state index >= 15 is 0 Å². The zero-order valence-corrected chi connectivity index (χ0v) is 10.6. The van der Waals surface area contributed by atoms with Crippen molar-refractivity contribution in [1.29, 1.82) is 0 Å². The molecular weight excluding hydrogens is 244 g/mol. The molecule has 1 aromatic rings. The minimum atomic E-state index is -0.377. The molecule has 0 unspecified atom stereocenters. The van der Waals surface area contributed by atoms with Gasteiger partial charge < -0.3 is 0 Å². The summed E-state index contributed by atoms with van der Waals surface area (Å²) >= 11 is 6.66. The Kier molecular flexibility index (Phi) is 5.56. The van der Waals surface area contributed by atoms with Crippen molar-refractivity contribution in [3.8, 4) is 0 Å². The molecule has 0 spiro atoms. The highest BCUT2D eigenvalue weighted by atomic mass is 35.5. The van der Waals surface area contributed by atoms with Gasteiger partial charge in [-0.1, -0.05) is 42.1 Å². The average Bonchev–Trinajstić information content (AvgIpc) is 2.25. The molecule has 0 aliphatic rings. The molecule has 0 bridgehead atoms. The van der Waals surface area contributed by atoms with Gasteiger partial charge in [-0.2, -0.15) is 0 Å². The highest BCUT2D eigenvalue weighted by Gasteiger charge is 2.17. The molecule has 16 heavy (non-hydrogen) atoms. The summed E-state index contributed by atoms with van der Waals surface area (Å²) < 4.78 is 0. The van der Waals surface area contributed by atoms with Crippen molar-refractivity contribution in [1.82, 2.24) is 0 Å². The van der Waals surface area contributed by atoms with Gasteiger partial charge in [0.15, 0.2) is 5.12 Å². The van der Waals surface area contributed by atoms with Gasteiger partial charge in [0.1, 0.15) is 0 Å². The van der Waals surface area contributed by atoms with Gasteiger partial charge in [-0.05, 0) is 23.6 Å². The van der Waals surface area contributed by atoms with Gasteiger partial charge in [-0.3, -0.25) is 9.59 Å². The van der Waals surface area contributed by atoms with Crippen LogP contribution in [0.4, 0.5) is 0 Å². The zero-order valence-electron chi connectivity index (χ0n) is 8.98. The van der Waals surface area contributed by atoms with Gasteiger partial charge in [-0.25, -0.2) is 0 Å². The van der Waals surface area contributed by atoms with Crippen LogP contribution in [0.1, 0.15) is 12.5 Å². The third kappa shape index (κ3) is 4.81. The van der Waals surface area contributed by atoms with Crippen LogP contribution >= 0.6 is 23.4 Å². The van der Waals surface area contributed by atoms with Crippen molar-refractivity contribution in [2.24, 2.45) is 5.92 Å². The molecule has 0 heterocycles. The van der Waals surface area contributed by atoms with E-state index in [1.807, 2.05) is 30.3 Å². The SMILES string of the molecule is CC(=O)SC[C@H](Cc1ccccc1)C(=O)Cl. The summed E-state index contributed by atoms with van der Waals surface area (Å²) in [5.41, 5.74) is 1.06. The molecular formula is C12H13ClO2S. The van der Waals surface area contributed by atoms with Crippen LogP contribution in [-0.4, -0.2) is 16.1 Å². The van der Waals surface area contributed by atoms with Crippen LogP contribution in [-0.2, 0) is 16.0 Å². The van der Waals surface area contributed by atoms with E-state index in [1.54, 1.807) is 0 Å². The van der Waals surface area contributed by atoms with Crippen molar-refractivity contribution >= 4 is 33.7 Å². The Labute approximate surface area is 104 Å². The molecule has 0 saturated heterocycles. The normalized spacial score (nSPS) is 12.1. The number of hydrogen-bond acceptors (Lipinski definition) is 3. The minimum Gasteiger partial charge on any atom is -0.288 e. The number of hydrogen-bond donors (Lipinski definition) is 0. The summed E-state index contributed by atoms with van der Waals surface area (Å²) in [5, 5.41) is -0.367. The molecule has 0 aliphatic carbocycles. The highest BCUT2D eigenvalue weighted by Crippen LogP contribution is 2.17. The summed E-state index contributed by atoms with van der Waals surface area (Å²) in [7, 11) is 0. The van der Waals surface area contributed by atoms with E-state index in [0.29, 0.717) is 12.2 Å². The molecule has 0 aromatic heterocycles. The summed E-state index contributed by atoms with van der Waals surface area (Å²) in [6, 6.07) is 9.66. The van der Waals surface area contributed by atoms with E-state index in [-0.39, 0.29) is 16.3 Å². The van der Waals surface area contributed by atoms with E-state index in [0.717, 1.165) is 17.3 Å². The predicted molar refractivity (Wildman–Crippen MR) is 67.6 cm³/mol. The van der Waals surface area contributed by atoms with E-state index in [2.05, 4.69) is 0 Å². The standard InChI is InChI=1S/C12H13ClO2S/c1-9(14)16-8-11(12(13)15)7-10-5-3-2-4-6-10/h2-6,11H,7-8H2,1H3/t11-/m0/s1. The van der Waals surface area contributed by atoms with E-state index < -0.39 is 0 Å². The Hall–Kier alpha value is -0.800. The van der Waals surface area contributed by atoms with Crippen LogP contribution in [0.3, 0.4) is 0 Å². The fourth-order valence-corrected chi connectivity index (χ4v) is 2.27. The zero-order chi connectivity index (χ0) is 12.0. The maximum absolute atomic E-state index is 11.2. The Balaban J connectivity index is 2.58. The maximum atomic E-state index is 11.2.